The standard InChI is InChI=1S/C11H11N7O/c12-16-13-9(10(19)11-14-17-18-15-11)7-6-8-4-2-1-3-5-8/h1-7,9-10,19H,(H,14,15,17,18). The zero-order chi connectivity index (χ0) is 13.5. The number of nitrogens with one attached hydrogen (secondary N) is 1. The van der Waals surface area contributed by atoms with Gasteiger partial charge in [-0.1, -0.05) is 52.8 Å². The van der Waals surface area contributed by atoms with Gasteiger partial charge >= 0.3 is 0 Å². The molecule has 0 saturated carbocycles. The zero-order valence-electron chi connectivity index (χ0n) is 9.83. The average molecular weight is 257 g/mol. The van der Waals surface area contributed by atoms with Gasteiger partial charge in [0.2, 0.25) is 5.82 Å². The molecule has 2 aromatic rings. The molecule has 1 aromatic heterocycles. The molecule has 1 heterocycles. The summed E-state index contributed by atoms with van der Waals surface area (Å²) in [7, 11) is 0. The van der Waals surface area contributed by atoms with Gasteiger partial charge in [0.1, 0.15) is 6.10 Å². The number of tetrazole rings is 1. The Labute approximate surface area is 108 Å². The maximum atomic E-state index is 9.98. The Kier molecular flexibility index (Phi) is 4.22. The summed E-state index contributed by atoms with van der Waals surface area (Å²) >= 11 is 0. The van der Waals surface area contributed by atoms with Crippen molar-refractivity contribution in [1.29, 1.82) is 0 Å². The number of rotatable bonds is 5. The van der Waals surface area contributed by atoms with Gasteiger partial charge in [-0.05, 0) is 11.1 Å². The molecule has 2 rings (SSSR count). The fourth-order valence-electron chi connectivity index (χ4n) is 1.49. The highest BCUT2D eigenvalue weighted by Crippen LogP contribution is 2.17. The summed E-state index contributed by atoms with van der Waals surface area (Å²) in [5.41, 5.74) is 9.46. The molecule has 0 radical (unpaired) electrons. The topological polar surface area (TPSA) is 123 Å². The molecule has 0 aliphatic carbocycles. The summed E-state index contributed by atoms with van der Waals surface area (Å²) in [4.78, 5) is 2.71. The van der Waals surface area contributed by atoms with E-state index in [-0.39, 0.29) is 5.82 Å². The van der Waals surface area contributed by atoms with Gasteiger partial charge in [-0.2, -0.15) is 5.21 Å². The van der Waals surface area contributed by atoms with Crippen LogP contribution in [0.3, 0.4) is 0 Å². The van der Waals surface area contributed by atoms with E-state index in [0.29, 0.717) is 0 Å². The predicted octanol–water partition coefficient (Wildman–Crippen LogP) is 1.63. The number of azide groups is 1. The van der Waals surface area contributed by atoms with E-state index >= 15 is 0 Å². The van der Waals surface area contributed by atoms with Crippen molar-refractivity contribution in [2.75, 3.05) is 0 Å². The number of aromatic nitrogens is 4. The van der Waals surface area contributed by atoms with E-state index < -0.39 is 12.1 Å². The fourth-order valence-corrected chi connectivity index (χ4v) is 1.49. The Morgan fingerprint density at radius 1 is 1.37 bits per heavy atom. The molecule has 0 fully saturated rings. The normalized spacial score (nSPS) is 13.9. The van der Waals surface area contributed by atoms with Crippen LogP contribution in [0.5, 0.6) is 0 Å². The highest BCUT2D eigenvalue weighted by Gasteiger charge is 2.21. The average Bonchev–Trinajstić information content (AvgIpc) is 2.98. The van der Waals surface area contributed by atoms with Crippen LogP contribution in [0.15, 0.2) is 41.5 Å². The molecule has 8 nitrogen and oxygen atoms in total. The van der Waals surface area contributed by atoms with Crippen LogP contribution in [-0.2, 0) is 0 Å². The molecule has 0 saturated heterocycles. The van der Waals surface area contributed by atoms with Crippen LogP contribution >= 0.6 is 0 Å². The predicted molar refractivity (Wildman–Crippen MR) is 67.5 cm³/mol. The summed E-state index contributed by atoms with van der Waals surface area (Å²) < 4.78 is 0. The Bertz CT molecular complexity index is 574. The summed E-state index contributed by atoms with van der Waals surface area (Å²) in [6.45, 7) is 0. The van der Waals surface area contributed by atoms with Gasteiger partial charge in [0.05, 0.1) is 6.04 Å². The summed E-state index contributed by atoms with van der Waals surface area (Å²) in [6, 6.07) is 8.66. The first-order valence-electron chi connectivity index (χ1n) is 5.50. The van der Waals surface area contributed by atoms with E-state index in [1.165, 1.54) is 0 Å². The van der Waals surface area contributed by atoms with Crippen molar-refractivity contribution in [1.82, 2.24) is 20.6 Å². The van der Waals surface area contributed by atoms with Crippen LogP contribution in [0.4, 0.5) is 0 Å². The molecular weight excluding hydrogens is 246 g/mol. The van der Waals surface area contributed by atoms with Crippen LogP contribution in [0.2, 0.25) is 0 Å². The van der Waals surface area contributed by atoms with E-state index in [2.05, 4.69) is 30.7 Å². The molecule has 0 aliphatic rings. The molecule has 2 atom stereocenters. The smallest absolute Gasteiger partial charge is 0.203 e. The first-order valence-corrected chi connectivity index (χ1v) is 5.50. The van der Waals surface area contributed by atoms with Crippen molar-refractivity contribution < 1.29 is 5.11 Å². The molecule has 19 heavy (non-hydrogen) atoms. The number of H-pyrrole nitrogens is 1. The van der Waals surface area contributed by atoms with Gasteiger partial charge in [0.15, 0.2) is 0 Å². The number of hydrogen-bond donors (Lipinski definition) is 2. The molecular formula is C11H11N7O. The van der Waals surface area contributed by atoms with Gasteiger partial charge in [-0.15, -0.1) is 10.2 Å². The van der Waals surface area contributed by atoms with E-state index in [1.54, 1.807) is 12.2 Å². The fraction of sp³-hybridized carbons (Fsp3) is 0.182. The number of aliphatic hydroxyl groups is 1. The minimum absolute atomic E-state index is 0.0788. The van der Waals surface area contributed by atoms with Crippen LogP contribution < -0.4 is 0 Å². The second kappa shape index (κ2) is 6.29. The first-order chi connectivity index (χ1) is 9.31. The molecule has 1 aromatic carbocycles. The molecule has 2 unspecified atom stereocenters. The SMILES string of the molecule is [N-]=[N+]=NC(C=Cc1ccccc1)C(O)c1nn[nH]n1. The van der Waals surface area contributed by atoms with E-state index in [1.807, 2.05) is 30.3 Å². The lowest BCUT2D eigenvalue weighted by Crippen LogP contribution is -2.15. The monoisotopic (exact) mass is 257 g/mol. The van der Waals surface area contributed by atoms with Crippen molar-refractivity contribution in [2.45, 2.75) is 12.1 Å². The maximum Gasteiger partial charge on any atom is 0.203 e. The third kappa shape index (κ3) is 3.38. The van der Waals surface area contributed by atoms with Gasteiger partial charge < -0.3 is 5.11 Å². The van der Waals surface area contributed by atoms with Crippen molar-refractivity contribution in [3.63, 3.8) is 0 Å². The van der Waals surface area contributed by atoms with Gasteiger partial charge in [0, 0.05) is 4.91 Å². The van der Waals surface area contributed by atoms with Crippen molar-refractivity contribution in [3.05, 3.63) is 58.2 Å². The Hall–Kier alpha value is -2.70. The summed E-state index contributed by atoms with van der Waals surface area (Å²) in [5, 5.41) is 26.4. The van der Waals surface area contributed by atoms with Crippen LogP contribution in [0.25, 0.3) is 16.5 Å². The second-order valence-corrected chi connectivity index (χ2v) is 3.68. The summed E-state index contributed by atoms with van der Waals surface area (Å²) in [5.74, 6) is 0.0788. The number of aliphatic hydroxyl groups excluding tert-OH is 1. The summed E-state index contributed by atoms with van der Waals surface area (Å²) in [6.07, 6.45) is 2.20. The maximum absolute atomic E-state index is 9.98. The van der Waals surface area contributed by atoms with E-state index in [4.69, 9.17) is 5.53 Å². The molecule has 0 bridgehead atoms. The van der Waals surface area contributed by atoms with Crippen LogP contribution in [-0.4, -0.2) is 31.8 Å². The minimum atomic E-state index is -1.14. The Morgan fingerprint density at radius 3 is 2.79 bits per heavy atom. The van der Waals surface area contributed by atoms with Gasteiger partial charge in [0.25, 0.3) is 0 Å². The lowest BCUT2D eigenvalue weighted by molar-refractivity contribution is 0.154. The van der Waals surface area contributed by atoms with Gasteiger partial charge in [-0.25, -0.2) is 0 Å². The van der Waals surface area contributed by atoms with Crippen molar-refractivity contribution in [2.24, 2.45) is 5.11 Å². The molecule has 2 N–H and O–H groups in total. The lowest BCUT2D eigenvalue weighted by Gasteiger charge is -2.10. The largest absolute Gasteiger partial charge is 0.384 e. The first kappa shape index (κ1) is 12.7. The number of benzene rings is 1. The van der Waals surface area contributed by atoms with E-state index in [0.717, 1.165) is 5.56 Å². The molecule has 8 heteroatoms. The number of nitrogens with zero attached hydrogens (tertiary/aromatic N) is 6. The second-order valence-electron chi connectivity index (χ2n) is 3.68. The van der Waals surface area contributed by atoms with Crippen LogP contribution in [0, 0.1) is 0 Å². The van der Waals surface area contributed by atoms with E-state index in [9.17, 15) is 5.11 Å². The van der Waals surface area contributed by atoms with Crippen molar-refractivity contribution >= 4 is 6.08 Å². The highest BCUT2D eigenvalue weighted by atomic mass is 16.3. The quantitative estimate of drug-likeness (QED) is 0.479. The molecule has 0 spiro atoms. The number of hydrogen-bond acceptors (Lipinski definition) is 5. The molecule has 96 valence electrons. The Balaban J connectivity index is 2.17. The molecule has 0 amide bonds. The van der Waals surface area contributed by atoms with Gasteiger partial charge in [-0.3, -0.25) is 0 Å². The third-order valence-corrected chi connectivity index (χ3v) is 2.42. The number of aromatic amines is 1. The third-order valence-electron chi connectivity index (χ3n) is 2.42. The zero-order valence-corrected chi connectivity index (χ0v) is 9.83. The Morgan fingerprint density at radius 2 is 2.16 bits per heavy atom. The van der Waals surface area contributed by atoms with Crippen LogP contribution in [0.1, 0.15) is 17.5 Å². The molecule has 0 aliphatic heterocycles. The lowest BCUT2D eigenvalue weighted by atomic mass is 10.1. The van der Waals surface area contributed by atoms with Crippen molar-refractivity contribution in [3.8, 4) is 0 Å². The highest BCUT2D eigenvalue weighted by molar-refractivity contribution is 5.49. The minimum Gasteiger partial charge on any atom is -0.384 e.